The van der Waals surface area contributed by atoms with Crippen LogP contribution in [0.3, 0.4) is 0 Å². The molecule has 1 N–H and O–H groups in total. The molecule has 0 saturated carbocycles. The molecule has 30 heavy (non-hydrogen) atoms. The predicted molar refractivity (Wildman–Crippen MR) is 107 cm³/mol. The molecule has 0 aliphatic carbocycles. The molecular formula is C19H22N2O8S. The van der Waals surface area contributed by atoms with Gasteiger partial charge in [0.05, 0.1) is 43.3 Å². The third-order valence-corrected chi connectivity index (χ3v) is 5.96. The second kappa shape index (κ2) is 9.18. The lowest BCUT2D eigenvalue weighted by atomic mass is 10.1. The van der Waals surface area contributed by atoms with Crippen molar-refractivity contribution in [1.29, 1.82) is 0 Å². The third-order valence-electron chi connectivity index (χ3n) is 4.50. The van der Waals surface area contributed by atoms with Gasteiger partial charge < -0.3 is 18.9 Å². The van der Waals surface area contributed by atoms with Crippen LogP contribution < -0.4 is 23.7 Å². The van der Waals surface area contributed by atoms with Crippen LogP contribution in [-0.4, -0.2) is 47.3 Å². The number of rotatable bonds is 8. The quantitative estimate of drug-likeness (QED) is 0.491. The highest BCUT2D eigenvalue weighted by atomic mass is 32.2. The zero-order valence-electron chi connectivity index (χ0n) is 16.5. The summed E-state index contributed by atoms with van der Waals surface area (Å²) in [5.74, 6) is 1.41. The molecule has 0 amide bonds. The molecule has 0 aromatic heterocycles. The third kappa shape index (κ3) is 4.74. The van der Waals surface area contributed by atoms with Crippen molar-refractivity contribution in [2.75, 3.05) is 34.0 Å². The highest BCUT2D eigenvalue weighted by molar-refractivity contribution is 7.89. The molecule has 10 nitrogen and oxygen atoms in total. The first-order valence-electron chi connectivity index (χ1n) is 9.14. The van der Waals surface area contributed by atoms with Crippen molar-refractivity contribution in [1.82, 2.24) is 4.72 Å². The van der Waals surface area contributed by atoms with Crippen LogP contribution in [0.2, 0.25) is 0 Å². The number of benzene rings is 2. The minimum Gasteiger partial charge on any atom is -0.493 e. The molecule has 0 radical (unpaired) electrons. The number of methoxy groups -OCH3 is 2. The zero-order chi connectivity index (χ0) is 21.7. The van der Waals surface area contributed by atoms with E-state index in [9.17, 15) is 18.5 Å². The molecule has 0 fully saturated rings. The highest BCUT2D eigenvalue weighted by Gasteiger charge is 2.22. The van der Waals surface area contributed by atoms with Crippen LogP contribution in [0.15, 0.2) is 35.2 Å². The van der Waals surface area contributed by atoms with Crippen LogP contribution in [0.4, 0.5) is 5.69 Å². The average molecular weight is 438 g/mol. The van der Waals surface area contributed by atoms with Crippen LogP contribution in [0.25, 0.3) is 0 Å². The lowest BCUT2D eigenvalue weighted by Crippen LogP contribution is -2.26. The molecule has 3 rings (SSSR count). The number of sulfonamides is 1. The van der Waals surface area contributed by atoms with Gasteiger partial charge >= 0.3 is 0 Å². The molecule has 1 aliphatic heterocycles. The molecule has 0 bridgehead atoms. The maximum Gasteiger partial charge on any atom is 0.276 e. The SMILES string of the molecule is COc1cc(CCNS(=O)(=O)c2ccc3c(c2)OCCCO3)c([N+](=O)[O-])cc1OC. The van der Waals surface area contributed by atoms with Crippen molar-refractivity contribution in [3.63, 3.8) is 0 Å². The van der Waals surface area contributed by atoms with Crippen molar-refractivity contribution < 1.29 is 32.3 Å². The van der Waals surface area contributed by atoms with Gasteiger partial charge in [-0.05, 0) is 24.6 Å². The number of nitro groups is 1. The molecule has 1 aliphatic rings. The van der Waals surface area contributed by atoms with Crippen LogP contribution >= 0.6 is 0 Å². The summed E-state index contributed by atoms with van der Waals surface area (Å²) >= 11 is 0. The van der Waals surface area contributed by atoms with Gasteiger partial charge in [0.25, 0.3) is 5.69 Å². The molecule has 1 heterocycles. The highest BCUT2D eigenvalue weighted by Crippen LogP contribution is 2.35. The molecule has 0 spiro atoms. The largest absolute Gasteiger partial charge is 0.493 e. The summed E-state index contributed by atoms with van der Waals surface area (Å²) < 4.78 is 49.1. The fourth-order valence-electron chi connectivity index (χ4n) is 2.99. The monoisotopic (exact) mass is 438 g/mol. The van der Waals surface area contributed by atoms with Crippen molar-refractivity contribution in [3.05, 3.63) is 46.0 Å². The van der Waals surface area contributed by atoms with Gasteiger partial charge in [-0.2, -0.15) is 0 Å². The Morgan fingerprint density at radius 3 is 2.40 bits per heavy atom. The fraction of sp³-hybridized carbons (Fsp3) is 0.368. The lowest BCUT2D eigenvalue weighted by Gasteiger charge is -2.12. The van der Waals surface area contributed by atoms with Crippen molar-refractivity contribution in [2.24, 2.45) is 0 Å². The Morgan fingerprint density at radius 2 is 1.73 bits per heavy atom. The maximum absolute atomic E-state index is 12.7. The fourth-order valence-corrected chi connectivity index (χ4v) is 4.04. The van der Waals surface area contributed by atoms with Gasteiger partial charge in [-0.15, -0.1) is 0 Å². The molecule has 11 heteroatoms. The molecule has 0 saturated heterocycles. The van der Waals surface area contributed by atoms with Gasteiger partial charge in [-0.1, -0.05) is 0 Å². The van der Waals surface area contributed by atoms with Gasteiger partial charge in [-0.25, -0.2) is 13.1 Å². The summed E-state index contributed by atoms with van der Waals surface area (Å²) in [5.41, 5.74) is 0.140. The van der Waals surface area contributed by atoms with E-state index in [1.165, 1.54) is 38.5 Å². The van der Waals surface area contributed by atoms with Crippen molar-refractivity contribution >= 4 is 15.7 Å². The topological polar surface area (TPSA) is 126 Å². The Bertz CT molecular complexity index is 1040. The number of hydrogen-bond acceptors (Lipinski definition) is 8. The molecule has 2 aromatic carbocycles. The molecule has 0 unspecified atom stereocenters. The van der Waals surface area contributed by atoms with E-state index in [-0.39, 0.29) is 29.3 Å². The standard InChI is InChI=1S/C19H22N2O8S/c1-26-17-10-13(15(21(22)23)12-18(17)27-2)6-7-20-30(24,25)14-4-5-16-19(11-14)29-9-3-8-28-16/h4-5,10-12,20H,3,6-9H2,1-2H3. The summed E-state index contributed by atoms with van der Waals surface area (Å²) in [6.07, 6.45) is 0.791. The summed E-state index contributed by atoms with van der Waals surface area (Å²) in [7, 11) is -1.05. The summed E-state index contributed by atoms with van der Waals surface area (Å²) in [6, 6.07) is 7.11. The van der Waals surface area contributed by atoms with E-state index >= 15 is 0 Å². The Hall–Kier alpha value is -3.05. The Labute approximate surface area is 173 Å². The van der Waals surface area contributed by atoms with Crippen LogP contribution in [0, 0.1) is 10.1 Å². The number of hydrogen-bond donors (Lipinski definition) is 1. The lowest BCUT2D eigenvalue weighted by molar-refractivity contribution is -0.385. The van der Waals surface area contributed by atoms with Gasteiger partial charge in [0.2, 0.25) is 10.0 Å². The first kappa shape index (κ1) is 21.7. The normalized spacial score (nSPS) is 13.4. The summed E-state index contributed by atoms with van der Waals surface area (Å²) in [5, 5.41) is 11.4. The second-order valence-corrected chi connectivity index (χ2v) is 8.17. The first-order chi connectivity index (χ1) is 14.4. The van der Waals surface area contributed by atoms with Gasteiger partial charge in [-0.3, -0.25) is 10.1 Å². The van der Waals surface area contributed by atoms with Crippen LogP contribution in [-0.2, 0) is 16.4 Å². The van der Waals surface area contributed by atoms with Gasteiger partial charge in [0, 0.05) is 24.6 Å². The van der Waals surface area contributed by atoms with E-state index in [0.29, 0.717) is 42.4 Å². The number of fused-ring (bicyclic) bond motifs is 1. The Balaban J connectivity index is 1.76. The Morgan fingerprint density at radius 1 is 1.07 bits per heavy atom. The predicted octanol–water partition coefficient (Wildman–Crippen LogP) is 2.29. The minimum atomic E-state index is -3.85. The number of nitrogens with one attached hydrogen (secondary N) is 1. The van der Waals surface area contributed by atoms with E-state index in [1.54, 1.807) is 6.07 Å². The maximum atomic E-state index is 12.7. The van der Waals surface area contributed by atoms with E-state index < -0.39 is 14.9 Å². The zero-order valence-corrected chi connectivity index (χ0v) is 17.4. The second-order valence-electron chi connectivity index (χ2n) is 6.40. The smallest absolute Gasteiger partial charge is 0.276 e. The minimum absolute atomic E-state index is 0.0218. The molecule has 0 atom stereocenters. The summed E-state index contributed by atoms with van der Waals surface area (Å²) in [6.45, 7) is 0.890. The van der Waals surface area contributed by atoms with E-state index in [4.69, 9.17) is 18.9 Å². The number of nitro benzene ring substituents is 1. The average Bonchev–Trinajstić information content (AvgIpc) is 2.97. The van der Waals surface area contributed by atoms with E-state index in [1.807, 2.05) is 0 Å². The van der Waals surface area contributed by atoms with E-state index in [2.05, 4.69) is 4.72 Å². The molecule has 2 aromatic rings. The summed E-state index contributed by atoms with van der Waals surface area (Å²) in [4.78, 5) is 10.9. The van der Waals surface area contributed by atoms with Crippen LogP contribution in [0.1, 0.15) is 12.0 Å². The van der Waals surface area contributed by atoms with E-state index in [0.717, 1.165) is 0 Å². The number of nitrogens with zero attached hydrogens (tertiary/aromatic N) is 1. The number of ether oxygens (including phenoxy) is 4. The first-order valence-corrected chi connectivity index (χ1v) is 10.6. The van der Waals surface area contributed by atoms with Crippen molar-refractivity contribution in [3.8, 4) is 23.0 Å². The van der Waals surface area contributed by atoms with Gasteiger partial charge in [0.15, 0.2) is 23.0 Å². The van der Waals surface area contributed by atoms with Gasteiger partial charge in [0.1, 0.15) is 0 Å². The molecular weight excluding hydrogens is 416 g/mol. The van der Waals surface area contributed by atoms with Crippen LogP contribution in [0.5, 0.6) is 23.0 Å². The molecule has 162 valence electrons. The Kier molecular flexibility index (Phi) is 6.63. The van der Waals surface area contributed by atoms with Crippen molar-refractivity contribution in [2.45, 2.75) is 17.7 Å².